The van der Waals surface area contributed by atoms with E-state index >= 15 is 0 Å². The van der Waals surface area contributed by atoms with Crippen molar-refractivity contribution in [3.63, 3.8) is 0 Å². The summed E-state index contributed by atoms with van der Waals surface area (Å²) in [7, 11) is -2.12. The molecule has 2 atom stereocenters. The number of nitrogen functional groups attached to an aromatic ring is 1. The summed E-state index contributed by atoms with van der Waals surface area (Å²) in [5, 5.41) is 0. The fourth-order valence-corrected chi connectivity index (χ4v) is 3.68. The van der Waals surface area contributed by atoms with Crippen molar-refractivity contribution in [3.05, 3.63) is 18.2 Å². The Labute approximate surface area is 119 Å². The molecule has 1 fully saturated rings. The highest BCUT2D eigenvalue weighted by atomic mass is 32.2. The van der Waals surface area contributed by atoms with Crippen LogP contribution in [0.3, 0.4) is 0 Å². The van der Waals surface area contributed by atoms with Gasteiger partial charge in [0.15, 0.2) is 0 Å². The summed E-state index contributed by atoms with van der Waals surface area (Å²) in [4.78, 5) is 0.0810. The van der Waals surface area contributed by atoms with Gasteiger partial charge in [-0.2, -0.15) is 0 Å². The van der Waals surface area contributed by atoms with E-state index in [9.17, 15) is 8.42 Å². The van der Waals surface area contributed by atoms with Gasteiger partial charge in [-0.1, -0.05) is 0 Å². The number of hydrogen-bond acceptors (Lipinski definition) is 5. The molecule has 1 saturated heterocycles. The summed E-state index contributed by atoms with van der Waals surface area (Å²) >= 11 is 0. The Hall–Kier alpha value is -1.31. The fourth-order valence-electron chi connectivity index (χ4n) is 2.29. The van der Waals surface area contributed by atoms with Gasteiger partial charge in [0.25, 0.3) is 0 Å². The number of methoxy groups -OCH3 is 1. The molecule has 20 heavy (non-hydrogen) atoms. The van der Waals surface area contributed by atoms with Gasteiger partial charge in [-0.15, -0.1) is 0 Å². The normalized spacial score (nSPS) is 23.5. The van der Waals surface area contributed by atoms with Crippen LogP contribution in [0.4, 0.5) is 5.69 Å². The van der Waals surface area contributed by atoms with Crippen LogP contribution in [0, 0.1) is 0 Å². The molecule has 0 amide bonds. The molecule has 0 radical (unpaired) electrons. The van der Waals surface area contributed by atoms with E-state index in [4.69, 9.17) is 15.2 Å². The van der Waals surface area contributed by atoms with Gasteiger partial charge in [0.05, 0.1) is 18.9 Å². The molecule has 1 aliphatic rings. The zero-order valence-electron chi connectivity index (χ0n) is 11.6. The molecule has 112 valence electrons. The number of hydrogen-bond donors (Lipinski definition) is 2. The van der Waals surface area contributed by atoms with Gasteiger partial charge >= 0.3 is 0 Å². The first-order valence-electron chi connectivity index (χ1n) is 6.50. The molecule has 0 aromatic heterocycles. The maximum absolute atomic E-state index is 12.4. The van der Waals surface area contributed by atoms with E-state index in [0.29, 0.717) is 25.2 Å². The number of nitrogens with two attached hydrogens (primary N) is 1. The van der Waals surface area contributed by atoms with Crippen LogP contribution in [0.15, 0.2) is 23.1 Å². The number of benzene rings is 1. The van der Waals surface area contributed by atoms with Crippen molar-refractivity contribution in [1.82, 2.24) is 4.72 Å². The number of anilines is 1. The van der Waals surface area contributed by atoms with Crippen LogP contribution in [-0.4, -0.2) is 34.3 Å². The fraction of sp³-hybridized carbons (Fsp3) is 0.538. The van der Waals surface area contributed by atoms with Crippen LogP contribution in [0.1, 0.15) is 19.8 Å². The van der Waals surface area contributed by atoms with Crippen molar-refractivity contribution in [2.24, 2.45) is 0 Å². The van der Waals surface area contributed by atoms with Crippen LogP contribution in [-0.2, 0) is 14.8 Å². The number of rotatable bonds is 4. The number of sulfonamides is 1. The summed E-state index contributed by atoms with van der Waals surface area (Å²) in [5.41, 5.74) is 5.97. The van der Waals surface area contributed by atoms with Gasteiger partial charge in [0.2, 0.25) is 10.0 Å². The Balaban J connectivity index is 2.17. The molecule has 0 aliphatic carbocycles. The summed E-state index contributed by atoms with van der Waals surface area (Å²) in [6, 6.07) is 4.42. The van der Waals surface area contributed by atoms with Crippen molar-refractivity contribution >= 4 is 15.7 Å². The van der Waals surface area contributed by atoms with Crippen LogP contribution < -0.4 is 15.2 Å². The molecule has 3 N–H and O–H groups in total. The Morgan fingerprint density at radius 1 is 1.45 bits per heavy atom. The minimum absolute atomic E-state index is 0.0599. The Bertz CT molecular complexity index is 574. The summed E-state index contributed by atoms with van der Waals surface area (Å²) in [6.07, 6.45) is 1.39. The monoisotopic (exact) mass is 300 g/mol. The standard InChI is InChI=1S/C13H20N2O4S/c1-9-7-10(5-6-19-9)15-20(16,17)13-4-3-11(18-2)8-12(13)14/h3-4,8-10,15H,5-7,14H2,1-2H3. The molecule has 6 nitrogen and oxygen atoms in total. The largest absolute Gasteiger partial charge is 0.497 e. The van der Waals surface area contributed by atoms with E-state index in [2.05, 4.69) is 4.72 Å². The van der Waals surface area contributed by atoms with E-state index in [1.165, 1.54) is 19.2 Å². The zero-order valence-corrected chi connectivity index (χ0v) is 12.4. The van der Waals surface area contributed by atoms with Crippen LogP contribution in [0.5, 0.6) is 5.75 Å². The topological polar surface area (TPSA) is 90.7 Å². The number of nitrogens with one attached hydrogen (secondary N) is 1. The maximum atomic E-state index is 12.4. The Morgan fingerprint density at radius 3 is 2.80 bits per heavy atom. The molecule has 1 aromatic carbocycles. The SMILES string of the molecule is COc1ccc(S(=O)(=O)NC2CCOC(C)C2)c(N)c1. The molecule has 2 rings (SSSR count). The minimum Gasteiger partial charge on any atom is -0.497 e. The van der Waals surface area contributed by atoms with Gasteiger partial charge in [-0.25, -0.2) is 13.1 Å². The van der Waals surface area contributed by atoms with Crippen molar-refractivity contribution < 1.29 is 17.9 Å². The second kappa shape index (κ2) is 5.99. The molecule has 7 heteroatoms. The van der Waals surface area contributed by atoms with E-state index in [-0.39, 0.29) is 22.7 Å². The van der Waals surface area contributed by atoms with Gasteiger partial charge in [-0.05, 0) is 31.9 Å². The summed E-state index contributed by atoms with van der Waals surface area (Å²) < 4.78 is 37.8. The van der Waals surface area contributed by atoms with E-state index in [1.807, 2.05) is 6.92 Å². The van der Waals surface area contributed by atoms with E-state index in [1.54, 1.807) is 6.07 Å². The molecular formula is C13H20N2O4S. The minimum atomic E-state index is -3.63. The lowest BCUT2D eigenvalue weighted by molar-refractivity contribution is 0.0173. The molecule has 0 spiro atoms. The third-order valence-electron chi connectivity index (χ3n) is 3.31. The van der Waals surface area contributed by atoms with Crippen molar-refractivity contribution in [1.29, 1.82) is 0 Å². The van der Waals surface area contributed by atoms with Crippen molar-refractivity contribution in [3.8, 4) is 5.75 Å². The maximum Gasteiger partial charge on any atom is 0.242 e. The molecule has 0 saturated carbocycles. The molecule has 1 aromatic rings. The van der Waals surface area contributed by atoms with Gasteiger partial charge in [0.1, 0.15) is 10.6 Å². The third-order valence-corrected chi connectivity index (χ3v) is 4.91. The van der Waals surface area contributed by atoms with Crippen molar-refractivity contribution in [2.45, 2.75) is 36.8 Å². The van der Waals surface area contributed by atoms with Gasteiger partial charge in [-0.3, -0.25) is 0 Å². The highest BCUT2D eigenvalue weighted by molar-refractivity contribution is 7.89. The van der Waals surface area contributed by atoms with Crippen LogP contribution in [0.25, 0.3) is 0 Å². The van der Waals surface area contributed by atoms with Gasteiger partial charge < -0.3 is 15.2 Å². The molecule has 0 bridgehead atoms. The molecular weight excluding hydrogens is 280 g/mol. The lowest BCUT2D eigenvalue weighted by atomic mass is 10.1. The summed E-state index contributed by atoms with van der Waals surface area (Å²) in [5.74, 6) is 0.529. The van der Waals surface area contributed by atoms with E-state index < -0.39 is 10.0 Å². The third kappa shape index (κ3) is 3.41. The molecule has 1 aliphatic heterocycles. The highest BCUT2D eigenvalue weighted by Crippen LogP contribution is 2.25. The lowest BCUT2D eigenvalue weighted by Gasteiger charge is -2.27. The molecule has 1 heterocycles. The quantitative estimate of drug-likeness (QED) is 0.813. The summed E-state index contributed by atoms with van der Waals surface area (Å²) in [6.45, 7) is 2.49. The average Bonchev–Trinajstić information content (AvgIpc) is 2.37. The second-order valence-corrected chi connectivity index (χ2v) is 6.61. The predicted molar refractivity (Wildman–Crippen MR) is 76.2 cm³/mol. The van der Waals surface area contributed by atoms with E-state index in [0.717, 1.165) is 0 Å². The average molecular weight is 300 g/mol. The second-order valence-electron chi connectivity index (χ2n) is 4.93. The highest BCUT2D eigenvalue weighted by Gasteiger charge is 2.26. The first kappa shape index (κ1) is 15.1. The number of ether oxygens (including phenoxy) is 2. The molecule has 2 unspecified atom stereocenters. The van der Waals surface area contributed by atoms with Crippen LogP contribution >= 0.6 is 0 Å². The first-order chi connectivity index (χ1) is 9.42. The van der Waals surface area contributed by atoms with Crippen LogP contribution in [0.2, 0.25) is 0 Å². The zero-order chi connectivity index (χ0) is 14.8. The Morgan fingerprint density at radius 2 is 2.20 bits per heavy atom. The smallest absolute Gasteiger partial charge is 0.242 e. The van der Waals surface area contributed by atoms with Crippen molar-refractivity contribution in [2.75, 3.05) is 19.5 Å². The lowest BCUT2D eigenvalue weighted by Crippen LogP contribution is -2.41. The van der Waals surface area contributed by atoms with Gasteiger partial charge in [0, 0.05) is 18.7 Å². The first-order valence-corrected chi connectivity index (χ1v) is 7.98. The predicted octanol–water partition coefficient (Wildman–Crippen LogP) is 1.12. The Kier molecular flexibility index (Phi) is 4.52.